The summed E-state index contributed by atoms with van der Waals surface area (Å²) < 4.78 is 6.12. The molecule has 0 aromatic carbocycles. The van der Waals surface area contributed by atoms with E-state index in [4.69, 9.17) is 18.0 Å². The Kier molecular flexibility index (Phi) is 2.22. The number of hydrogen-bond acceptors (Lipinski definition) is 5. The fourth-order valence-electron chi connectivity index (χ4n) is 1.47. The summed E-state index contributed by atoms with van der Waals surface area (Å²) >= 11 is 6.28. The molecule has 0 radical (unpaired) electrons. The third-order valence-electron chi connectivity index (χ3n) is 2.44. The molecule has 82 valence electrons. The number of thiocarbonyl (C=S) groups is 1. The molecule has 2 aromatic rings. The van der Waals surface area contributed by atoms with Crippen LogP contribution in [0.25, 0.3) is 5.13 Å². The van der Waals surface area contributed by atoms with Crippen LogP contribution in [-0.4, -0.2) is 23.9 Å². The van der Waals surface area contributed by atoms with Crippen LogP contribution in [0.5, 0.6) is 0 Å². The van der Waals surface area contributed by atoms with E-state index in [-0.39, 0.29) is 4.99 Å². The lowest BCUT2D eigenvalue weighted by atomic mass is 10.4. The molecule has 0 unspecified atom stereocenters. The molecule has 16 heavy (non-hydrogen) atoms. The highest BCUT2D eigenvalue weighted by molar-refractivity contribution is 7.80. The fourth-order valence-corrected chi connectivity index (χ4v) is 2.36. The highest BCUT2D eigenvalue weighted by Crippen LogP contribution is 2.39. The van der Waals surface area contributed by atoms with Crippen LogP contribution in [0.4, 0.5) is 0 Å². The molecule has 7 heteroatoms. The van der Waals surface area contributed by atoms with Gasteiger partial charge in [0.25, 0.3) is 0 Å². The van der Waals surface area contributed by atoms with Crippen LogP contribution in [0.3, 0.4) is 0 Å². The van der Waals surface area contributed by atoms with Crippen molar-refractivity contribution in [2.24, 2.45) is 5.73 Å². The fraction of sp³-hybridized carbons (Fsp3) is 0.333. The number of hydrogen-bond donors (Lipinski definition) is 1. The van der Waals surface area contributed by atoms with Crippen LogP contribution in [0, 0.1) is 0 Å². The van der Waals surface area contributed by atoms with Gasteiger partial charge >= 0.3 is 0 Å². The normalized spacial score (nSPS) is 15.2. The summed E-state index contributed by atoms with van der Waals surface area (Å²) in [6.07, 6.45) is 5.85. The Bertz CT molecular complexity index is 540. The monoisotopic (exact) mass is 251 g/mol. The summed E-state index contributed by atoms with van der Waals surface area (Å²) in [7, 11) is 0. The van der Waals surface area contributed by atoms with Gasteiger partial charge in [-0.05, 0) is 12.8 Å². The van der Waals surface area contributed by atoms with Crippen molar-refractivity contribution in [1.29, 1.82) is 0 Å². The third-order valence-corrected chi connectivity index (χ3v) is 3.35. The van der Waals surface area contributed by atoms with E-state index in [2.05, 4.69) is 14.3 Å². The van der Waals surface area contributed by atoms with Crippen LogP contribution >= 0.6 is 23.8 Å². The largest absolute Gasteiger partial charge is 0.387 e. The van der Waals surface area contributed by atoms with Gasteiger partial charge in [-0.2, -0.15) is 4.37 Å². The van der Waals surface area contributed by atoms with E-state index in [1.165, 1.54) is 24.4 Å². The average Bonchev–Trinajstić information content (AvgIpc) is 2.83. The summed E-state index contributed by atoms with van der Waals surface area (Å²) in [6, 6.07) is 0. The Labute approximate surface area is 102 Å². The molecule has 5 nitrogen and oxygen atoms in total. The molecule has 0 atom stereocenters. The lowest BCUT2D eigenvalue weighted by Crippen LogP contribution is -2.15. The van der Waals surface area contributed by atoms with Gasteiger partial charge in [-0.1, -0.05) is 12.2 Å². The predicted molar refractivity (Wildman–Crippen MR) is 64.9 cm³/mol. The highest BCUT2D eigenvalue weighted by atomic mass is 32.1. The Morgan fingerprint density at radius 3 is 3.06 bits per heavy atom. The third kappa shape index (κ3) is 1.61. The number of imidazole rings is 1. The summed E-state index contributed by atoms with van der Waals surface area (Å²) in [6.45, 7) is 0. The topological polar surface area (TPSA) is 69.6 Å². The zero-order valence-electron chi connectivity index (χ0n) is 8.33. The van der Waals surface area contributed by atoms with E-state index in [1.807, 2.05) is 0 Å². The highest BCUT2D eigenvalue weighted by Gasteiger charge is 2.28. The molecule has 0 aliphatic heterocycles. The molecule has 1 fully saturated rings. The summed E-state index contributed by atoms with van der Waals surface area (Å²) in [5.41, 5.74) is 5.58. The molecule has 2 aromatic heterocycles. The van der Waals surface area contributed by atoms with E-state index in [0.29, 0.717) is 11.7 Å². The average molecular weight is 251 g/mol. The maximum Gasteiger partial charge on any atom is 0.215 e. The van der Waals surface area contributed by atoms with Crippen molar-refractivity contribution in [3.63, 3.8) is 0 Å². The smallest absolute Gasteiger partial charge is 0.215 e. The standard InChI is InChI=1S/C9H9N5S2/c10-6(15)8-11-3-4-14(8)9-12-7(13-16-9)5-1-2-5/h3-5H,1-2H2,(H2,10,15). The molecule has 0 amide bonds. The van der Waals surface area contributed by atoms with Gasteiger partial charge in [0, 0.05) is 29.8 Å². The predicted octanol–water partition coefficient (Wildman–Crippen LogP) is 1.24. The molecule has 0 saturated heterocycles. The molecule has 0 spiro atoms. The minimum absolute atomic E-state index is 0.271. The van der Waals surface area contributed by atoms with Gasteiger partial charge in [-0.15, -0.1) is 0 Å². The first-order valence-electron chi connectivity index (χ1n) is 4.93. The molecule has 1 aliphatic carbocycles. The second-order valence-corrected chi connectivity index (χ2v) is 4.86. The van der Waals surface area contributed by atoms with Crippen LogP contribution in [0.15, 0.2) is 12.4 Å². The molecule has 1 saturated carbocycles. The summed E-state index contributed by atoms with van der Waals surface area (Å²) in [5.74, 6) is 2.05. The summed E-state index contributed by atoms with van der Waals surface area (Å²) in [5, 5.41) is 0.780. The van der Waals surface area contributed by atoms with E-state index in [1.54, 1.807) is 17.0 Å². The van der Waals surface area contributed by atoms with Crippen molar-refractivity contribution in [3.8, 4) is 5.13 Å². The van der Waals surface area contributed by atoms with Crippen LogP contribution in [-0.2, 0) is 0 Å². The lowest BCUT2D eigenvalue weighted by molar-refractivity contribution is 0.939. The molecule has 3 rings (SSSR count). The van der Waals surface area contributed by atoms with Gasteiger partial charge in [0.15, 0.2) is 5.82 Å². The Hall–Kier alpha value is -1.34. The minimum Gasteiger partial charge on any atom is -0.387 e. The number of aromatic nitrogens is 4. The zero-order valence-corrected chi connectivity index (χ0v) is 9.96. The first-order valence-corrected chi connectivity index (χ1v) is 6.11. The van der Waals surface area contributed by atoms with Crippen molar-refractivity contribution in [2.75, 3.05) is 0 Å². The maximum atomic E-state index is 5.58. The van der Waals surface area contributed by atoms with Crippen molar-refractivity contribution < 1.29 is 0 Å². The lowest BCUT2D eigenvalue weighted by Gasteiger charge is -2.00. The number of nitrogens with two attached hydrogens (primary N) is 1. The van der Waals surface area contributed by atoms with Crippen LogP contribution in [0.1, 0.15) is 30.4 Å². The van der Waals surface area contributed by atoms with E-state index < -0.39 is 0 Å². The van der Waals surface area contributed by atoms with Gasteiger partial charge in [0.2, 0.25) is 5.13 Å². The quantitative estimate of drug-likeness (QED) is 0.831. The number of rotatable bonds is 3. The molecule has 2 N–H and O–H groups in total. The SMILES string of the molecule is NC(=S)c1nccn1-c1nc(C2CC2)ns1. The molecule has 0 bridgehead atoms. The van der Waals surface area contributed by atoms with Gasteiger partial charge in [0.1, 0.15) is 10.8 Å². The van der Waals surface area contributed by atoms with Gasteiger partial charge in [0.05, 0.1) is 0 Å². The minimum atomic E-state index is 0.271. The first kappa shape index (κ1) is 9.86. The number of nitrogens with zero attached hydrogens (tertiary/aromatic N) is 4. The molecule has 2 heterocycles. The zero-order chi connectivity index (χ0) is 11.1. The summed E-state index contributed by atoms with van der Waals surface area (Å²) in [4.78, 5) is 8.84. The second kappa shape index (κ2) is 3.60. The van der Waals surface area contributed by atoms with Gasteiger partial charge in [-0.3, -0.25) is 4.57 Å². The van der Waals surface area contributed by atoms with Crippen molar-refractivity contribution in [2.45, 2.75) is 18.8 Å². The van der Waals surface area contributed by atoms with E-state index >= 15 is 0 Å². The first-order chi connectivity index (χ1) is 7.75. The Morgan fingerprint density at radius 1 is 1.56 bits per heavy atom. The van der Waals surface area contributed by atoms with Crippen LogP contribution in [0.2, 0.25) is 0 Å². The molecule has 1 aliphatic rings. The van der Waals surface area contributed by atoms with Crippen molar-refractivity contribution >= 4 is 28.7 Å². The Balaban J connectivity index is 2.00. The van der Waals surface area contributed by atoms with E-state index in [9.17, 15) is 0 Å². The van der Waals surface area contributed by atoms with Crippen molar-refractivity contribution in [1.82, 2.24) is 18.9 Å². The molecular formula is C9H9N5S2. The molecular weight excluding hydrogens is 242 g/mol. The van der Waals surface area contributed by atoms with E-state index in [0.717, 1.165) is 11.0 Å². The van der Waals surface area contributed by atoms with Crippen LogP contribution < -0.4 is 5.73 Å². The maximum absolute atomic E-state index is 5.58. The van der Waals surface area contributed by atoms with Gasteiger partial charge in [-0.25, -0.2) is 9.97 Å². The second-order valence-electron chi connectivity index (χ2n) is 3.69. The van der Waals surface area contributed by atoms with Crippen molar-refractivity contribution in [3.05, 3.63) is 24.0 Å². The Morgan fingerprint density at radius 2 is 2.38 bits per heavy atom. The van der Waals surface area contributed by atoms with Gasteiger partial charge < -0.3 is 5.73 Å².